The van der Waals surface area contributed by atoms with E-state index in [1.807, 2.05) is 36.4 Å². The minimum atomic E-state index is -3.90. The lowest BCUT2D eigenvalue weighted by Gasteiger charge is -2.16. The zero-order chi connectivity index (χ0) is 27.2. The molecule has 5 nitrogen and oxygen atoms in total. The molecule has 0 aliphatic heterocycles. The van der Waals surface area contributed by atoms with E-state index in [9.17, 15) is 13.0 Å². The van der Waals surface area contributed by atoms with Gasteiger partial charge in [-0.1, -0.05) is 108 Å². The van der Waals surface area contributed by atoms with Crippen molar-refractivity contribution in [1.82, 2.24) is 0 Å². The average molecular weight is 604 g/mol. The number of sulfonamides is 1. The molecule has 4 rings (SSSR count). The zero-order valence-electron chi connectivity index (χ0n) is 19.8. The minimum Gasteiger partial charge on any atom is -0.330 e. The van der Waals surface area contributed by atoms with Crippen LogP contribution in [-0.4, -0.2) is 8.42 Å². The number of para-hydroxylation sites is 1. The summed E-state index contributed by atoms with van der Waals surface area (Å²) in [4.78, 5) is 0.00789. The molecule has 0 spiro atoms. The van der Waals surface area contributed by atoms with Gasteiger partial charge in [0.2, 0.25) is 7.29 Å². The molecule has 0 aliphatic carbocycles. The van der Waals surface area contributed by atoms with Crippen molar-refractivity contribution in [3.8, 4) is 0 Å². The molecule has 4 aromatic carbocycles. The van der Waals surface area contributed by atoms with E-state index in [4.69, 9.17) is 34.8 Å². The van der Waals surface area contributed by atoms with Gasteiger partial charge >= 0.3 is 0 Å². The molecule has 0 bridgehead atoms. The van der Waals surface area contributed by atoms with E-state index in [0.717, 1.165) is 0 Å². The normalized spacial score (nSPS) is 14.0. The van der Waals surface area contributed by atoms with Crippen LogP contribution in [0.15, 0.2) is 126 Å². The Bertz CT molecular complexity index is 1570. The third-order valence-corrected chi connectivity index (χ3v) is 9.86. The van der Waals surface area contributed by atoms with E-state index < -0.39 is 17.3 Å². The van der Waals surface area contributed by atoms with Crippen LogP contribution in [0.3, 0.4) is 0 Å². The van der Waals surface area contributed by atoms with E-state index in [-0.39, 0.29) is 25.7 Å². The molecule has 0 heterocycles. The molecule has 0 aromatic heterocycles. The first-order chi connectivity index (χ1) is 18.2. The predicted molar refractivity (Wildman–Crippen MR) is 160 cm³/mol. The Balaban J connectivity index is 1.65. The highest BCUT2D eigenvalue weighted by molar-refractivity contribution is 7.92. The highest BCUT2D eigenvalue weighted by atomic mass is 35.5. The Morgan fingerprint density at radius 3 is 1.66 bits per heavy atom. The number of hydrogen-bond donors (Lipinski definition) is 2. The average Bonchev–Trinajstić information content (AvgIpc) is 2.91. The van der Waals surface area contributed by atoms with Crippen LogP contribution in [0.1, 0.15) is 11.1 Å². The summed E-state index contributed by atoms with van der Waals surface area (Å²) in [5.74, 6) is 2.86. The summed E-state index contributed by atoms with van der Waals surface area (Å²) in [6.07, 6.45) is 0. The Labute approximate surface area is 237 Å². The lowest BCUT2D eigenvalue weighted by Crippen LogP contribution is -2.13. The standard InChI is InChI=1S/C28H22Cl3N2O3PS/c29-25-13-7-8-14-28(25)33-38(35,36)24-17-15-23(16-18-24)32-37(34,19-26(30)21-9-3-1-4-10-21)20-27(31)22-11-5-2-6-12-22/h1-20,33H,(H,32,34). The highest BCUT2D eigenvalue weighted by Gasteiger charge is 2.21. The molecule has 0 fully saturated rings. The van der Waals surface area contributed by atoms with Crippen molar-refractivity contribution in [2.45, 2.75) is 4.90 Å². The van der Waals surface area contributed by atoms with Gasteiger partial charge in [0, 0.05) is 17.3 Å². The van der Waals surface area contributed by atoms with Crippen LogP contribution >= 0.6 is 42.1 Å². The van der Waals surface area contributed by atoms with E-state index in [0.29, 0.717) is 16.8 Å². The summed E-state index contributed by atoms with van der Waals surface area (Å²) in [6.45, 7) is 0. The molecule has 0 aliphatic rings. The molecule has 2 N–H and O–H groups in total. The molecule has 0 radical (unpaired) electrons. The van der Waals surface area contributed by atoms with Gasteiger partial charge in [-0.3, -0.25) is 9.29 Å². The van der Waals surface area contributed by atoms with Crippen LogP contribution in [0, 0.1) is 0 Å². The molecule has 10 heteroatoms. The number of rotatable bonds is 9. The minimum absolute atomic E-state index is 0.00789. The number of nitrogens with one attached hydrogen (secondary N) is 2. The van der Waals surface area contributed by atoms with Gasteiger partial charge in [0.05, 0.1) is 25.7 Å². The Kier molecular flexibility index (Phi) is 9.03. The lowest BCUT2D eigenvalue weighted by molar-refractivity contribution is 0.589. The van der Waals surface area contributed by atoms with E-state index in [2.05, 4.69) is 9.81 Å². The fraction of sp³-hybridized carbons (Fsp3) is 0. The van der Waals surface area contributed by atoms with Gasteiger partial charge in [-0.2, -0.15) is 0 Å². The van der Waals surface area contributed by atoms with Crippen LogP contribution in [-0.2, 0) is 14.6 Å². The summed E-state index contributed by atoms with van der Waals surface area (Å²) in [5, 5.41) is 3.82. The van der Waals surface area contributed by atoms with Crippen molar-refractivity contribution in [2.24, 2.45) is 0 Å². The van der Waals surface area contributed by atoms with Crippen LogP contribution in [0.4, 0.5) is 11.4 Å². The summed E-state index contributed by atoms with van der Waals surface area (Å²) in [7, 11) is -7.43. The van der Waals surface area contributed by atoms with Gasteiger partial charge in [0.25, 0.3) is 10.0 Å². The molecule has 0 unspecified atom stereocenters. The number of anilines is 2. The second-order valence-electron chi connectivity index (χ2n) is 8.12. The van der Waals surface area contributed by atoms with Crippen LogP contribution in [0.5, 0.6) is 0 Å². The number of hydrogen-bond acceptors (Lipinski definition) is 3. The van der Waals surface area contributed by atoms with E-state index >= 15 is 0 Å². The van der Waals surface area contributed by atoms with Gasteiger partial charge < -0.3 is 5.09 Å². The summed E-state index contributed by atoms with van der Waals surface area (Å²) >= 11 is 19.2. The maximum atomic E-state index is 14.1. The van der Waals surface area contributed by atoms with Crippen molar-refractivity contribution in [1.29, 1.82) is 0 Å². The molecule has 0 saturated heterocycles. The number of benzene rings is 4. The lowest BCUT2D eigenvalue weighted by atomic mass is 10.2. The summed E-state index contributed by atoms with van der Waals surface area (Å²) in [5.41, 5.74) is 2.05. The van der Waals surface area contributed by atoms with Gasteiger partial charge in [-0.25, -0.2) is 8.42 Å². The first-order valence-electron chi connectivity index (χ1n) is 11.3. The van der Waals surface area contributed by atoms with Gasteiger partial charge in [-0.05, 0) is 47.5 Å². The second-order valence-corrected chi connectivity index (χ2v) is 13.2. The molecule has 0 atom stereocenters. The fourth-order valence-electron chi connectivity index (χ4n) is 3.44. The molecule has 4 aromatic rings. The van der Waals surface area contributed by atoms with Crippen molar-refractivity contribution in [3.63, 3.8) is 0 Å². The Hall–Kier alpha value is -2.99. The van der Waals surface area contributed by atoms with Crippen LogP contribution < -0.4 is 9.81 Å². The molecule has 0 saturated carbocycles. The quantitative estimate of drug-likeness (QED) is 0.187. The van der Waals surface area contributed by atoms with Gasteiger partial charge in [0.15, 0.2) is 0 Å². The van der Waals surface area contributed by atoms with E-state index in [1.54, 1.807) is 48.5 Å². The largest absolute Gasteiger partial charge is 0.330 e. The molecule has 38 heavy (non-hydrogen) atoms. The number of halogens is 3. The fourth-order valence-corrected chi connectivity index (χ4v) is 7.61. The van der Waals surface area contributed by atoms with Gasteiger partial charge in [-0.15, -0.1) is 0 Å². The maximum Gasteiger partial charge on any atom is 0.261 e. The van der Waals surface area contributed by atoms with Crippen LogP contribution in [0.25, 0.3) is 10.1 Å². The Morgan fingerprint density at radius 1 is 0.684 bits per heavy atom. The van der Waals surface area contributed by atoms with Gasteiger partial charge in [0.1, 0.15) is 0 Å². The topological polar surface area (TPSA) is 75.3 Å². The molecule has 0 amide bonds. The van der Waals surface area contributed by atoms with E-state index in [1.165, 1.54) is 35.9 Å². The maximum absolute atomic E-state index is 14.1. The van der Waals surface area contributed by atoms with Crippen molar-refractivity contribution >= 4 is 73.6 Å². The Morgan fingerprint density at radius 2 is 1.16 bits per heavy atom. The predicted octanol–water partition coefficient (Wildman–Crippen LogP) is 9.31. The highest BCUT2D eigenvalue weighted by Crippen LogP contribution is 2.53. The third-order valence-electron chi connectivity index (χ3n) is 5.30. The molecular weight excluding hydrogens is 582 g/mol. The summed E-state index contributed by atoms with van der Waals surface area (Å²) in [6, 6.07) is 30.6. The molecular formula is C28H22Cl3N2O3PS. The monoisotopic (exact) mass is 602 g/mol. The van der Waals surface area contributed by atoms with Crippen molar-refractivity contribution in [3.05, 3.63) is 137 Å². The summed E-state index contributed by atoms with van der Waals surface area (Å²) < 4.78 is 42.3. The smallest absolute Gasteiger partial charge is 0.261 e. The first kappa shape index (κ1) is 28.0. The zero-order valence-corrected chi connectivity index (χ0v) is 23.7. The van der Waals surface area contributed by atoms with Crippen molar-refractivity contribution < 1.29 is 13.0 Å². The second kappa shape index (κ2) is 12.2. The third kappa shape index (κ3) is 7.31. The van der Waals surface area contributed by atoms with Crippen LogP contribution in [0.2, 0.25) is 5.02 Å². The SMILES string of the molecule is O=P(C=C(Cl)c1ccccc1)(C=C(Cl)c1ccccc1)Nc1ccc(S(=O)(=O)Nc2ccccc2Cl)cc1. The first-order valence-corrected chi connectivity index (χ1v) is 15.7. The van der Waals surface area contributed by atoms with Crippen molar-refractivity contribution in [2.75, 3.05) is 9.81 Å². The molecule has 194 valence electrons.